The third-order valence-corrected chi connectivity index (χ3v) is 16.1. The number of ether oxygens (including phenoxy) is 7. The summed E-state index contributed by atoms with van der Waals surface area (Å²) in [5.41, 5.74) is 2.07. The standard InChI is InChI=1S/C60H89NO15/c1-37-17-12-11-13-18-38(2)51(74-36-45-19-16-20-46(32-45)73-28-27-70-8)34-47-24-22-43(7)60(69,76-47)57(66)58(67)61-26-15-14-21-48(61)59(68)75-52(40(4)31-44-23-25-49(62)53(33-44)71-9)35-50(63)39(3)30-42(6)55(65)56(72-10)54(64)41(5)29-37/h11-13,16-20,30,32,37,39-41,43-44,47-49,51-53,55-56,62,65,69H,14-15,21-29,31,33-36H2,1-10H3/b13-11?,17-12+,38-18?,42-30+/t37-,39-,40-,41-,43-,44+,47+,48+,49-,51?,52+,53-,55+,56+,60-/m1/s1. The summed E-state index contributed by atoms with van der Waals surface area (Å²) in [6.45, 7) is 13.8. The van der Waals surface area contributed by atoms with Crippen LogP contribution in [0.2, 0.25) is 0 Å². The smallest absolute Gasteiger partial charge is 0.329 e. The molecule has 4 aliphatic rings. The van der Waals surface area contributed by atoms with Gasteiger partial charge in [-0.25, -0.2) is 4.79 Å². The molecule has 2 bridgehead atoms. The molecule has 3 N–H and O–H groups in total. The summed E-state index contributed by atoms with van der Waals surface area (Å²) in [5.74, 6) is -7.62. The van der Waals surface area contributed by atoms with Crippen molar-refractivity contribution in [3.63, 3.8) is 0 Å². The molecule has 1 unspecified atom stereocenters. The molecule has 0 aromatic heterocycles. The Bertz CT molecular complexity index is 2200. The van der Waals surface area contributed by atoms with Crippen molar-refractivity contribution in [3.05, 3.63) is 77.4 Å². The van der Waals surface area contributed by atoms with Crippen LogP contribution in [0.4, 0.5) is 0 Å². The number of esters is 1. The first kappa shape index (κ1) is 62.5. The van der Waals surface area contributed by atoms with Gasteiger partial charge in [0.2, 0.25) is 5.79 Å². The summed E-state index contributed by atoms with van der Waals surface area (Å²) in [5, 5.41) is 34.4. The molecule has 1 aliphatic carbocycles. The van der Waals surface area contributed by atoms with Gasteiger partial charge in [-0.3, -0.25) is 19.2 Å². The number of aliphatic hydroxyl groups excluding tert-OH is 2. The van der Waals surface area contributed by atoms with Crippen LogP contribution < -0.4 is 4.74 Å². The minimum Gasteiger partial charge on any atom is -0.491 e. The fourth-order valence-corrected chi connectivity index (χ4v) is 11.2. The van der Waals surface area contributed by atoms with Crippen molar-refractivity contribution in [1.29, 1.82) is 0 Å². The van der Waals surface area contributed by atoms with Crippen LogP contribution in [0.1, 0.15) is 131 Å². The number of fused-ring (bicyclic) bond motifs is 3. The van der Waals surface area contributed by atoms with Gasteiger partial charge in [-0.1, -0.05) is 83.2 Å². The summed E-state index contributed by atoms with van der Waals surface area (Å²) in [6, 6.07) is 6.39. The van der Waals surface area contributed by atoms with Crippen LogP contribution in [0.15, 0.2) is 71.9 Å². The number of hydrogen-bond acceptors (Lipinski definition) is 15. The minimum absolute atomic E-state index is 0.0190. The first-order chi connectivity index (χ1) is 36.2. The Morgan fingerprint density at radius 2 is 1.62 bits per heavy atom. The van der Waals surface area contributed by atoms with Gasteiger partial charge in [-0.2, -0.15) is 0 Å². The molecule has 1 amide bonds. The van der Waals surface area contributed by atoms with Crippen LogP contribution >= 0.6 is 0 Å². The summed E-state index contributed by atoms with van der Waals surface area (Å²) in [7, 11) is 4.55. The zero-order valence-electron chi connectivity index (χ0n) is 46.9. The van der Waals surface area contributed by atoms with E-state index >= 15 is 0 Å². The van der Waals surface area contributed by atoms with Gasteiger partial charge in [0.1, 0.15) is 42.5 Å². The highest BCUT2D eigenvalue weighted by molar-refractivity contribution is 6.39. The fourth-order valence-electron chi connectivity index (χ4n) is 11.2. The molecule has 3 aliphatic heterocycles. The number of carbonyl (C=O) groups excluding carboxylic acids is 5. The van der Waals surface area contributed by atoms with E-state index in [4.69, 9.17) is 33.2 Å². The molecule has 3 fully saturated rings. The number of nitrogens with zero attached hydrogens (tertiary/aromatic N) is 1. The Hall–Kier alpha value is -4.39. The number of benzene rings is 1. The number of carbonyl (C=O) groups is 5. The second kappa shape index (κ2) is 30.1. The average molecular weight is 1060 g/mol. The third-order valence-electron chi connectivity index (χ3n) is 16.1. The van der Waals surface area contributed by atoms with Crippen molar-refractivity contribution >= 4 is 29.2 Å². The molecule has 15 atom stereocenters. The number of ketones is 3. The molecule has 1 saturated carbocycles. The molecule has 0 spiro atoms. The summed E-state index contributed by atoms with van der Waals surface area (Å²) < 4.78 is 41.4. The zero-order valence-corrected chi connectivity index (χ0v) is 46.9. The molecule has 1 aromatic carbocycles. The van der Waals surface area contributed by atoms with Crippen molar-refractivity contribution in [3.8, 4) is 5.75 Å². The minimum atomic E-state index is -2.50. The molecule has 1 aromatic rings. The maximum Gasteiger partial charge on any atom is 0.329 e. The molecule has 0 radical (unpaired) electrons. The SMILES string of the molecule is COCCOc1cccc(COC2C[C@@H]3CC[C@@H](C)[C@@](O)(O3)C(=O)C(=O)N3CCCC[C@H]3C(=O)O[C@H]([C@H](C)C[C@@H]3CC[C@@H](O)[C@H](OC)C3)CC(=O)[C@H](C)/C=C(\C)[C@H](O)[C@@H](OC)C(=O)[C@H](C)C[C@H](C)/C=C/C=CC=C2C)c1. The van der Waals surface area contributed by atoms with Crippen molar-refractivity contribution in [2.45, 2.75) is 187 Å². The van der Waals surface area contributed by atoms with Gasteiger partial charge in [0.05, 0.1) is 37.6 Å². The maximum absolute atomic E-state index is 14.6. The van der Waals surface area contributed by atoms with Crippen LogP contribution in [0.5, 0.6) is 5.75 Å². The van der Waals surface area contributed by atoms with E-state index in [1.807, 2.05) is 82.3 Å². The number of Topliss-reactive ketones (excluding diaryl/α,β-unsaturated/α-hetero) is 3. The lowest BCUT2D eigenvalue weighted by molar-refractivity contribution is -0.266. The number of allylic oxidation sites excluding steroid dienone is 6. The number of rotatable bonds is 12. The number of piperidine rings is 1. The third kappa shape index (κ3) is 17.3. The zero-order chi connectivity index (χ0) is 55.7. The predicted octanol–water partition coefficient (Wildman–Crippen LogP) is 7.78. The van der Waals surface area contributed by atoms with Gasteiger partial charge >= 0.3 is 5.97 Å². The van der Waals surface area contributed by atoms with Crippen LogP contribution in [0, 0.1) is 35.5 Å². The van der Waals surface area contributed by atoms with Crippen LogP contribution in [0.3, 0.4) is 0 Å². The lowest BCUT2D eigenvalue weighted by atomic mass is 9.78. The lowest BCUT2D eigenvalue weighted by Gasteiger charge is -2.43. The number of aliphatic hydroxyl groups is 3. The van der Waals surface area contributed by atoms with Gasteiger partial charge < -0.3 is 53.4 Å². The van der Waals surface area contributed by atoms with Crippen LogP contribution in [-0.4, -0.2) is 145 Å². The summed E-state index contributed by atoms with van der Waals surface area (Å²) in [6.07, 6.45) is 10.6. The Kier molecular flexibility index (Phi) is 24.7. The van der Waals surface area contributed by atoms with Crippen molar-refractivity contribution in [2.75, 3.05) is 41.1 Å². The number of cyclic esters (lactones) is 1. The van der Waals surface area contributed by atoms with Crippen molar-refractivity contribution in [2.24, 2.45) is 35.5 Å². The topological polar surface area (TPSA) is 214 Å². The second-order valence-electron chi connectivity index (χ2n) is 22.2. The Labute approximate surface area is 451 Å². The highest BCUT2D eigenvalue weighted by Crippen LogP contribution is 2.38. The lowest BCUT2D eigenvalue weighted by Crippen LogP contribution is -2.61. The van der Waals surface area contributed by atoms with Gasteiger partial charge in [0, 0.05) is 58.5 Å². The average Bonchev–Trinajstić information content (AvgIpc) is 3.40. The largest absolute Gasteiger partial charge is 0.491 e. The monoisotopic (exact) mass is 1060 g/mol. The van der Waals surface area contributed by atoms with Crippen LogP contribution in [-0.2, 0) is 59.0 Å². The normalized spacial score (nSPS) is 35.1. The first-order valence-corrected chi connectivity index (χ1v) is 27.7. The van der Waals surface area contributed by atoms with E-state index in [1.54, 1.807) is 41.1 Å². The van der Waals surface area contributed by atoms with Gasteiger partial charge in [-0.05, 0) is 125 Å². The molecule has 76 heavy (non-hydrogen) atoms. The molecule has 424 valence electrons. The number of amides is 1. The van der Waals surface area contributed by atoms with E-state index in [2.05, 4.69) is 0 Å². The van der Waals surface area contributed by atoms with Gasteiger partial charge in [-0.15, -0.1) is 0 Å². The van der Waals surface area contributed by atoms with E-state index in [0.29, 0.717) is 82.3 Å². The molecule has 5 rings (SSSR count). The molecular formula is C60H89NO15. The Morgan fingerprint density at radius 1 is 0.855 bits per heavy atom. The molecule has 16 heteroatoms. The molecule has 2 saturated heterocycles. The van der Waals surface area contributed by atoms with Crippen LogP contribution in [0.25, 0.3) is 0 Å². The molecular weight excluding hydrogens is 975 g/mol. The first-order valence-electron chi connectivity index (χ1n) is 27.7. The number of hydrogen-bond donors (Lipinski definition) is 3. The van der Waals surface area contributed by atoms with Gasteiger partial charge in [0.25, 0.3) is 11.7 Å². The van der Waals surface area contributed by atoms with E-state index in [-0.39, 0.29) is 67.8 Å². The Morgan fingerprint density at radius 3 is 2.34 bits per heavy atom. The fraction of sp³-hybridized carbons (Fsp3) is 0.683. The predicted molar refractivity (Wildman–Crippen MR) is 287 cm³/mol. The maximum atomic E-state index is 14.6. The van der Waals surface area contributed by atoms with E-state index in [9.17, 15) is 39.3 Å². The van der Waals surface area contributed by atoms with E-state index in [1.165, 1.54) is 12.0 Å². The van der Waals surface area contributed by atoms with Gasteiger partial charge in [0.15, 0.2) is 5.78 Å². The summed E-state index contributed by atoms with van der Waals surface area (Å²) >= 11 is 0. The second-order valence-corrected chi connectivity index (χ2v) is 22.2. The van der Waals surface area contributed by atoms with Crippen molar-refractivity contribution in [1.82, 2.24) is 4.90 Å². The molecule has 16 nitrogen and oxygen atoms in total. The highest BCUT2D eigenvalue weighted by atomic mass is 16.6. The number of methoxy groups -OCH3 is 3. The quantitative estimate of drug-likeness (QED) is 0.0789. The molecule has 3 heterocycles. The van der Waals surface area contributed by atoms with E-state index in [0.717, 1.165) is 11.1 Å². The van der Waals surface area contributed by atoms with Crippen molar-refractivity contribution < 1.29 is 72.5 Å². The Balaban J connectivity index is 1.49. The van der Waals surface area contributed by atoms with E-state index < -0.39 is 83.9 Å². The highest BCUT2D eigenvalue weighted by Gasteiger charge is 2.53. The summed E-state index contributed by atoms with van der Waals surface area (Å²) in [4.78, 5) is 72.9.